The molecule has 0 aromatic heterocycles. The van der Waals surface area contributed by atoms with Gasteiger partial charge in [-0.1, -0.05) is 32.9 Å². The van der Waals surface area contributed by atoms with E-state index in [1.54, 1.807) is 19.2 Å². The molecule has 0 radical (unpaired) electrons. The van der Waals surface area contributed by atoms with Crippen LogP contribution in [0.5, 0.6) is 0 Å². The summed E-state index contributed by atoms with van der Waals surface area (Å²) in [4.78, 5) is 0.345. The topological polar surface area (TPSA) is 63.4 Å². The van der Waals surface area contributed by atoms with E-state index in [1.165, 1.54) is 4.31 Å². The van der Waals surface area contributed by atoms with Gasteiger partial charge in [-0.2, -0.15) is 4.31 Å². The lowest BCUT2D eigenvalue weighted by molar-refractivity contribution is 0.340. The second-order valence-corrected chi connectivity index (χ2v) is 8.93. The number of hydrogen-bond acceptors (Lipinski definition) is 3. The Labute approximate surface area is 128 Å². The van der Waals surface area contributed by atoms with Gasteiger partial charge in [-0.25, -0.2) is 8.42 Å². The van der Waals surface area contributed by atoms with Crippen molar-refractivity contribution in [3.05, 3.63) is 29.8 Å². The normalized spacial score (nSPS) is 18.0. The first-order valence-corrected chi connectivity index (χ1v) is 8.90. The molecule has 21 heavy (non-hydrogen) atoms. The summed E-state index contributed by atoms with van der Waals surface area (Å²) in [6.45, 7) is 6.71. The van der Waals surface area contributed by atoms with Crippen LogP contribution in [-0.4, -0.2) is 32.4 Å². The number of nitrogens with two attached hydrogens (primary N) is 1. The molecule has 1 unspecified atom stereocenters. The summed E-state index contributed by atoms with van der Waals surface area (Å²) in [6.07, 6.45) is 2.15. The zero-order chi connectivity index (χ0) is 15.8. The molecule has 1 saturated carbocycles. The third-order valence-corrected chi connectivity index (χ3v) is 6.17. The quantitative estimate of drug-likeness (QED) is 0.908. The highest BCUT2D eigenvalue weighted by molar-refractivity contribution is 7.89. The standard InChI is InChI=1S/C16H26N2O2S/c1-16(2,3)13-7-9-14(10-8-13)21(19,20)18(4)15(11-17)12-5-6-12/h7-10,12,15H,5-6,11,17H2,1-4H3. The van der Waals surface area contributed by atoms with Crippen LogP contribution in [0.2, 0.25) is 0 Å². The minimum Gasteiger partial charge on any atom is -0.329 e. The van der Waals surface area contributed by atoms with E-state index >= 15 is 0 Å². The van der Waals surface area contributed by atoms with Crippen LogP contribution in [0.1, 0.15) is 39.2 Å². The molecule has 1 aliphatic carbocycles. The Kier molecular flexibility index (Phi) is 4.47. The van der Waals surface area contributed by atoms with Crippen molar-refractivity contribution in [2.24, 2.45) is 11.7 Å². The zero-order valence-corrected chi connectivity index (χ0v) is 14.2. The minimum absolute atomic E-state index is 0.0159. The fourth-order valence-electron chi connectivity index (χ4n) is 2.59. The first kappa shape index (κ1) is 16.5. The number of sulfonamides is 1. The second-order valence-electron chi connectivity index (χ2n) is 6.94. The Morgan fingerprint density at radius 3 is 2.14 bits per heavy atom. The molecular weight excluding hydrogens is 284 g/mol. The van der Waals surface area contributed by atoms with Crippen molar-refractivity contribution in [1.29, 1.82) is 0 Å². The highest BCUT2D eigenvalue weighted by atomic mass is 32.2. The zero-order valence-electron chi connectivity index (χ0n) is 13.3. The summed E-state index contributed by atoms with van der Waals surface area (Å²) < 4.78 is 26.8. The summed E-state index contributed by atoms with van der Waals surface area (Å²) in [5.41, 5.74) is 6.91. The lowest BCUT2D eigenvalue weighted by atomic mass is 9.87. The first-order valence-electron chi connectivity index (χ1n) is 7.46. The Bertz CT molecular complexity index is 584. The summed E-state index contributed by atoms with van der Waals surface area (Å²) in [6, 6.07) is 7.11. The molecule has 1 aliphatic rings. The molecule has 1 aromatic rings. The number of rotatable bonds is 5. The SMILES string of the molecule is CN(C(CN)C1CC1)S(=O)(=O)c1ccc(C(C)(C)C)cc1. The highest BCUT2D eigenvalue weighted by Gasteiger charge is 2.38. The lowest BCUT2D eigenvalue weighted by Crippen LogP contribution is -2.43. The highest BCUT2D eigenvalue weighted by Crippen LogP contribution is 2.36. The van der Waals surface area contributed by atoms with Gasteiger partial charge in [-0.05, 0) is 41.9 Å². The third-order valence-electron chi connectivity index (χ3n) is 4.27. The average Bonchev–Trinajstić information content (AvgIpc) is 3.23. The predicted molar refractivity (Wildman–Crippen MR) is 85.7 cm³/mol. The van der Waals surface area contributed by atoms with E-state index in [1.807, 2.05) is 12.1 Å². The van der Waals surface area contributed by atoms with Crippen molar-refractivity contribution in [3.8, 4) is 0 Å². The molecule has 0 heterocycles. The van der Waals surface area contributed by atoms with Gasteiger partial charge in [-0.15, -0.1) is 0 Å². The summed E-state index contributed by atoms with van der Waals surface area (Å²) in [5.74, 6) is 0.420. The molecular formula is C16H26N2O2S. The van der Waals surface area contributed by atoms with Crippen molar-refractivity contribution in [1.82, 2.24) is 4.31 Å². The van der Waals surface area contributed by atoms with E-state index in [0.29, 0.717) is 17.4 Å². The summed E-state index contributed by atoms with van der Waals surface area (Å²) in [7, 11) is -1.82. The van der Waals surface area contributed by atoms with Crippen LogP contribution in [0.3, 0.4) is 0 Å². The Morgan fingerprint density at radius 2 is 1.76 bits per heavy atom. The molecule has 1 fully saturated rings. The van der Waals surface area contributed by atoms with Crippen LogP contribution in [0.4, 0.5) is 0 Å². The molecule has 0 saturated heterocycles. The fourth-order valence-corrected chi connectivity index (χ4v) is 4.02. The largest absolute Gasteiger partial charge is 0.329 e. The van der Waals surface area contributed by atoms with Gasteiger partial charge in [0.25, 0.3) is 0 Å². The maximum absolute atomic E-state index is 12.7. The molecule has 4 nitrogen and oxygen atoms in total. The van der Waals surface area contributed by atoms with E-state index < -0.39 is 10.0 Å². The van der Waals surface area contributed by atoms with E-state index in [4.69, 9.17) is 5.73 Å². The van der Waals surface area contributed by atoms with Gasteiger partial charge in [0.2, 0.25) is 10.0 Å². The molecule has 118 valence electrons. The smallest absolute Gasteiger partial charge is 0.243 e. The van der Waals surface area contributed by atoms with Gasteiger partial charge in [0.05, 0.1) is 4.90 Å². The van der Waals surface area contributed by atoms with E-state index in [2.05, 4.69) is 20.8 Å². The third kappa shape index (κ3) is 3.47. The molecule has 5 heteroatoms. The lowest BCUT2D eigenvalue weighted by Gasteiger charge is -2.27. The van der Waals surface area contributed by atoms with Crippen LogP contribution < -0.4 is 5.73 Å². The second kappa shape index (κ2) is 5.71. The van der Waals surface area contributed by atoms with Crippen LogP contribution in [0.25, 0.3) is 0 Å². The fraction of sp³-hybridized carbons (Fsp3) is 0.625. The number of likely N-dealkylation sites (N-methyl/N-ethyl adjacent to an activating group) is 1. The van der Waals surface area contributed by atoms with E-state index in [-0.39, 0.29) is 11.5 Å². The number of hydrogen-bond donors (Lipinski definition) is 1. The van der Waals surface area contributed by atoms with Crippen LogP contribution >= 0.6 is 0 Å². The van der Waals surface area contributed by atoms with Gasteiger partial charge in [-0.3, -0.25) is 0 Å². The molecule has 2 rings (SSSR count). The number of nitrogens with zero attached hydrogens (tertiary/aromatic N) is 1. The average molecular weight is 310 g/mol. The Morgan fingerprint density at radius 1 is 1.24 bits per heavy atom. The van der Waals surface area contributed by atoms with Gasteiger partial charge >= 0.3 is 0 Å². The van der Waals surface area contributed by atoms with Gasteiger partial charge in [0.1, 0.15) is 0 Å². The van der Waals surface area contributed by atoms with Crippen molar-refractivity contribution in [3.63, 3.8) is 0 Å². The molecule has 0 aliphatic heterocycles. The summed E-state index contributed by atoms with van der Waals surface area (Å²) in [5, 5.41) is 0. The first-order chi connectivity index (χ1) is 9.67. The molecule has 0 amide bonds. The minimum atomic E-state index is -3.46. The van der Waals surface area contributed by atoms with Crippen LogP contribution in [0, 0.1) is 5.92 Å². The molecule has 2 N–H and O–H groups in total. The molecule has 1 atom stereocenters. The van der Waals surface area contributed by atoms with Crippen LogP contribution in [0.15, 0.2) is 29.2 Å². The van der Waals surface area contributed by atoms with Crippen molar-refractivity contribution < 1.29 is 8.42 Å². The van der Waals surface area contributed by atoms with Crippen LogP contribution in [-0.2, 0) is 15.4 Å². The van der Waals surface area contributed by atoms with E-state index in [9.17, 15) is 8.42 Å². The van der Waals surface area contributed by atoms with Crippen molar-refractivity contribution >= 4 is 10.0 Å². The van der Waals surface area contributed by atoms with Gasteiger partial charge in [0.15, 0.2) is 0 Å². The van der Waals surface area contributed by atoms with Gasteiger partial charge < -0.3 is 5.73 Å². The Balaban J connectivity index is 2.26. The molecule has 1 aromatic carbocycles. The maximum Gasteiger partial charge on any atom is 0.243 e. The number of benzene rings is 1. The Hall–Kier alpha value is -0.910. The monoisotopic (exact) mass is 310 g/mol. The van der Waals surface area contributed by atoms with Gasteiger partial charge in [0, 0.05) is 19.6 Å². The van der Waals surface area contributed by atoms with E-state index in [0.717, 1.165) is 18.4 Å². The molecule has 0 bridgehead atoms. The molecule has 0 spiro atoms. The maximum atomic E-state index is 12.7. The van der Waals surface area contributed by atoms with Crippen molar-refractivity contribution in [2.75, 3.05) is 13.6 Å². The predicted octanol–water partition coefficient (Wildman–Crippen LogP) is 2.34. The van der Waals surface area contributed by atoms with Crippen molar-refractivity contribution in [2.45, 2.75) is 50.0 Å². The summed E-state index contributed by atoms with van der Waals surface area (Å²) >= 11 is 0.